The number of rotatable bonds is 2. The van der Waals surface area contributed by atoms with Crippen LogP contribution in [0.3, 0.4) is 0 Å². The fourth-order valence-corrected chi connectivity index (χ4v) is 1.90. The fraction of sp³-hybridized carbons (Fsp3) is 0.0909. The molecule has 3 nitrogen and oxygen atoms in total. The highest BCUT2D eigenvalue weighted by atomic mass is 127. The first kappa shape index (κ1) is 11.6. The molecule has 0 saturated carbocycles. The lowest BCUT2D eigenvalue weighted by Gasteiger charge is -2.09. The second-order valence-electron chi connectivity index (χ2n) is 3.24. The van der Waals surface area contributed by atoms with E-state index >= 15 is 0 Å². The van der Waals surface area contributed by atoms with E-state index in [1.54, 1.807) is 0 Å². The Kier molecular flexibility index (Phi) is 3.60. The molecule has 0 amide bonds. The van der Waals surface area contributed by atoms with E-state index in [9.17, 15) is 0 Å². The molecule has 1 N–H and O–H groups in total. The van der Waals surface area contributed by atoms with Crippen molar-refractivity contribution in [3.8, 4) is 0 Å². The van der Waals surface area contributed by atoms with Crippen molar-refractivity contribution in [1.29, 1.82) is 0 Å². The molecule has 1 aromatic heterocycles. The maximum Gasteiger partial charge on any atom is 0.138 e. The highest BCUT2D eigenvalue weighted by Crippen LogP contribution is 2.25. The van der Waals surface area contributed by atoms with Gasteiger partial charge in [-0.1, -0.05) is 23.7 Å². The Balaban J connectivity index is 2.35. The van der Waals surface area contributed by atoms with E-state index in [1.807, 2.05) is 31.2 Å². The van der Waals surface area contributed by atoms with E-state index < -0.39 is 0 Å². The molecule has 0 saturated heterocycles. The SMILES string of the molecule is Cc1c(Cl)ncnc1Nc1ccccc1I. The van der Waals surface area contributed by atoms with Crippen molar-refractivity contribution in [2.45, 2.75) is 6.92 Å². The lowest BCUT2D eigenvalue weighted by Crippen LogP contribution is -1.99. The smallest absolute Gasteiger partial charge is 0.138 e. The van der Waals surface area contributed by atoms with Gasteiger partial charge >= 0.3 is 0 Å². The third-order valence-electron chi connectivity index (χ3n) is 2.15. The lowest BCUT2D eigenvalue weighted by molar-refractivity contribution is 1.13. The van der Waals surface area contributed by atoms with Gasteiger partial charge in [-0.2, -0.15) is 0 Å². The van der Waals surface area contributed by atoms with Crippen molar-refractivity contribution in [3.05, 3.63) is 44.9 Å². The van der Waals surface area contributed by atoms with Gasteiger partial charge < -0.3 is 5.32 Å². The maximum absolute atomic E-state index is 5.93. The number of hydrogen-bond donors (Lipinski definition) is 1. The third kappa shape index (κ3) is 2.44. The van der Waals surface area contributed by atoms with Crippen LogP contribution >= 0.6 is 34.2 Å². The number of hydrogen-bond acceptors (Lipinski definition) is 3. The van der Waals surface area contributed by atoms with Crippen LogP contribution < -0.4 is 5.32 Å². The van der Waals surface area contributed by atoms with Crippen LogP contribution in [0.1, 0.15) is 5.56 Å². The molecule has 0 unspecified atom stereocenters. The Morgan fingerprint density at radius 1 is 1.25 bits per heavy atom. The highest BCUT2D eigenvalue weighted by molar-refractivity contribution is 14.1. The fourth-order valence-electron chi connectivity index (χ4n) is 1.24. The molecule has 0 fully saturated rings. The Labute approximate surface area is 112 Å². The third-order valence-corrected chi connectivity index (χ3v) is 3.47. The summed E-state index contributed by atoms with van der Waals surface area (Å²) in [5.74, 6) is 0.740. The van der Waals surface area contributed by atoms with E-state index in [-0.39, 0.29) is 0 Å². The summed E-state index contributed by atoms with van der Waals surface area (Å²) >= 11 is 8.20. The number of halogens is 2. The molecule has 2 aromatic rings. The first-order valence-electron chi connectivity index (χ1n) is 4.67. The van der Waals surface area contributed by atoms with Crippen LogP contribution in [0.25, 0.3) is 0 Å². The Hall–Kier alpha value is -0.880. The maximum atomic E-state index is 5.93. The van der Waals surface area contributed by atoms with Crippen LogP contribution in [-0.2, 0) is 0 Å². The van der Waals surface area contributed by atoms with Gasteiger partial charge in [0.05, 0.1) is 5.69 Å². The summed E-state index contributed by atoms with van der Waals surface area (Å²) in [5, 5.41) is 3.71. The number of para-hydroxylation sites is 1. The average molecular weight is 346 g/mol. The van der Waals surface area contributed by atoms with E-state index in [2.05, 4.69) is 37.9 Å². The first-order valence-corrected chi connectivity index (χ1v) is 6.13. The van der Waals surface area contributed by atoms with Gasteiger partial charge in [0.1, 0.15) is 17.3 Å². The van der Waals surface area contributed by atoms with E-state index in [0.717, 1.165) is 20.6 Å². The molecule has 0 radical (unpaired) electrons. The molecule has 0 aliphatic rings. The Bertz CT molecular complexity index is 516. The summed E-state index contributed by atoms with van der Waals surface area (Å²) in [4.78, 5) is 8.08. The molecule has 0 spiro atoms. The summed E-state index contributed by atoms with van der Waals surface area (Å²) < 4.78 is 1.13. The van der Waals surface area contributed by atoms with Crippen molar-refractivity contribution in [3.63, 3.8) is 0 Å². The Morgan fingerprint density at radius 2 is 2.00 bits per heavy atom. The van der Waals surface area contributed by atoms with Crippen molar-refractivity contribution in [1.82, 2.24) is 9.97 Å². The summed E-state index contributed by atoms with van der Waals surface area (Å²) in [7, 11) is 0. The van der Waals surface area contributed by atoms with Crippen molar-refractivity contribution < 1.29 is 0 Å². The topological polar surface area (TPSA) is 37.8 Å². The molecule has 5 heteroatoms. The minimum atomic E-state index is 0.475. The molecule has 2 rings (SSSR count). The van der Waals surface area contributed by atoms with E-state index in [0.29, 0.717) is 5.15 Å². The number of aromatic nitrogens is 2. The van der Waals surface area contributed by atoms with E-state index in [1.165, 1.54) is 6.33 Å². The lowest BCUT2D eigenvalue weighted by atomic mass is 10.3. The zero-order valence-corrected chi connectivity index (χ0v) is 11.5. The quantitative estimate of drug-likeness (QED) is 0.665. The van der Waals surface area contributed by atoms with Crippen LogP contribution in [0.4, 0.5) is 11.5 Å². The minimum absolute atomic E-state index is 0.475. The van der Waals surface area contributed by atoms with Crippen LogP contribution in [0.5, 0.6) is 0 Å². The number of benzene rings is 1. The molecular formula is C11H9ClIN3. The number of nitrogens with one attached hydrogen (secondary N) is 1. The van der Waals surface area contributed by atoms with Gasteiger partial charge in [0, 0.05) is 9.13 Å². The normalized spacial score (nSPS) is 10.2. The molecule has 0 aliphatic heterocycles. The predicted molar refractivity (Wildman–Crippen MR) is 74.2 cm³/mol. The van der Waals surface area contributed by atoms with Crippen molar-refractivity contribution in [2.24, 2.45) is 0 Å². The van der Waals surface area contributed by atoms with Gasteiger partial charge in [0.15, 0.2) is 0 Å². The summed E-state index contributed by atoms with van der Waals surface area (Å²) in [6.45, 7) is 1.89. The van der Waals surface area contributed by atoms with Gasteiger partial charge in [0.2, 0.25) is 0 Å². The molecular weight excluding hydrogens is 336 g/mol. The second kappa shape index (κ2) is 4.97. The molecule has 1 heterocycles. The van der Waals surface area contributed by atoms with Gasteiger partial charge in [-0.05, 0) is 41.6 Å². The second-order valence-corrected chi connectivity index (χ2v) is 4.76. The monoisotopic (exact) mass is 345 g/mol. The van der Waals surface area contributed by atoms with E-state index in [4.69, 9.17) is 11.6 Å². The molecule has 0 atom stereocenters. The molecule has 16 heavy (non-hydrogen) atoms. The molecule has 0 aliphatic carbocycles. The first-order chi connectivity index (χ1) is 7.68. The van der Waals surface area contributed by atoms with Gasteiger partial charge in [-0.25, -0.2) is 9.97 Å². The van der Waals surface area contributed by atoms with Crippen LogP contribution in [-0.4, -0.2) is 9.97 Å². The largest absolute Gasteiger partial charge is 0.339 e. The molecule has 0 bridgehead atoms. The van der Waals surface area contributed by atoms with Crippen LogP contribution in [0, 0.1) is 10.5 Å². The van der Waals surface area contributed by atoms with Crippen molar-refractivity contribution >= 4 is 45.7 Å². The standard InChI is InChI=1S/C11H9ClIN3/c1-7-10(12)14-6-15-11(7)16-9-5-3-2-4-8(9)13/h2-6H,1H3,(H,14,15,16). The zero-order valence-electron chi connectivity index (χ0n) is 8.54. The zero-order chi connectivity index (χ0) is 11.5. The number of anilines is 2. The van der Waals surface area contributed by atoms with Gasteiger partial charge in [-0.15, -0.1) is 0 Å². The number of nitrogens with zero attached hydrogens (tertiary/aromatic N) is 2. The van der Waals surface area contributed by atoms with Crippen LogP contribution in [0.15, 0.2) is 30.6 Å². The van der Waals surface area contributed by atoms with Crippen LogP contribution in [0.2, 0.25) is 5.15 Å². The Morgan fingerprint density at radius 3 is 2.75 bits per heavy atom. The minimum Gasteiger partial charge on any atom is -0.339 e. The molecule has 82 valence electrons. The summed E-state index contributed by atoms with van der Waals surface area (Å²) in [6, 6.07) is 7.99. The summed E-state index contributed by atoms with van der Waals surface area (Å²) in [5.41, 5.74) is 1.87. The molecule has 1 aromatic carbocycles. The predicted octanol–water partition coefficient (Wildman–Crippen LogP) is 3.79. The summed E-state index contributed by atoms with van der Waals surface area (Å²) in [6.07, 6.45) is 1.45. The van der Waals surface area contributed by atoms with Gasteiger partial charge in [0.25, 0.3) is 0 Å². The average Bonchev–Trinajstić information content (AvgIpc) is 2.28. The highest BCUT2D eigenvalue weighted by Gasteiger charge is 2.06. The van der Waals surface area contributed by atoms with Crippen molar-refractivity contribution in [2.75, 3.05) is 5.32 Å². The van der Waals surface area contributed by atoms with Gasteiger partial charge in [-0.3, -0.25) is 0 Å².